The molecule has 2 rings (SSSR count). The Morgan fingerprint density at radius 3 is 2.29 bits per heavy atom. The molecule has 0 aromatic rings. The van der Waals surface area contributed by atoms with E-state index < -0.39 is 24.2 Å². The first kappa shape index (κ1) is 19.1. The van der Waals surface area contributed by atoms with Gasteiger partial charge in [-0.05, 0) is 42.9 Å². The average molecular weight is 350 g/mol. The Hall–Kier alpha value is -1.27. The minimum Gasteiger partial charge on any atom is -0.463 e. The molecule has 0 aromatic heterocycles. The third-order valence-corrected chi connectivity index (χ3v) is 6.14. The van der Waals surface area contributed by atoms with Crippen LogP contribution in [0.15, 0.2) is 0 Å². The van der Waals surface area contributed by atoms with E-state index >= 15 is 0 Å². The predicted molar refractivity (Wildman–Crippen MR) is 79.9 cm³/mol. The first-order valence-electron chi connectivity index (χ1n) is 8.40. The topological polar surface area (TPSA) is 52.6 Å². The van der Waals surface area contributed by atoms with Gasteiger partial charge in [-0.3, -0.25) is 4.79 Å². The van der Waals surface area contributed by atoms with Gasteiger partial charge in [-0.1, -0.05) is 20.8 Å². The summed E-state index contributed by atoms with van der Waals surface area (Å²) in [5.41, 5.74) is -0.231. The van der Waals surface area contributed by atoms with Crippen molar-refractivity contribution < 1.29 is 32.2 Å². The lowest BCUT2D eigenvalue weighted by Gasteiger charge is -2.55. The van der Waals surface area contributed by atoms with Crippen LogP contribution >= 0.6 is 0 Å². The highest BCUT2D eigenvalue weighted by Crippen LogP contribution is 2.56. The van der Waals surface area contributed by atoms with Gasteiger partial charge in [-0.15, -0.1) is 0 Å². The number of carbonyl (C=O) groups is 2. The fraction of sp³-hybridized carbons (Fsp3) is 0.882. The number of rotatable bonds is 2. The second-order valence-corrected chi connectivity index (χ2v) is 7.56. The molecule has 0 radical (unpaired) electrons. The third kappa shape index (κ3) is 3.70. The molecular formula is C17H25F3O4. The zero-order valence-corrected chi connectivity index (χ0v) is 14.5. The standard InChI is InChI=1S/C17H25F3O4/c1-9-7-14(24-15(22)17(18,19)20)13-8-12(23-11(3)21)5-6-16(13,4)10(9)2/h9-10,12-14H,5-8H2,1-4H3/t9?,10?,12-,13?,14+,16+/m0/s1. The van der Waals surface area contributed by atoms with E-state index in [1.807, 2.05) is 6.92 Å². The van der Waals surface area contributed by atoms with Crippen molar-refractivity contribution in [2.45, 2.75) is 71.8 Å². The molecule has 0 bridgehead atoms. The van der Waals surface area contributed by atoms with E-state index in [4.69, 9.17) is 9.47 Å². The van der Waals surface area contributed by atoms with Crippen LogP contribution in [0, 0.1) is 23.2 Å². The molecule has 2 aliphatic rings. The van der Waals surface area contributed by atoms with Gasteiger partial charge in [0.1, 0.15) is 12.2 Å². The van der Waals surface area contributed by atoms with Crippen LogP contribution in [0.2, 0.25) is 0 Å². The van der Waals surface area contributed by atoms with Crippen molar-refractivity contribution in [3.8, 4) is 0 Å². The molecule has 0 saturated heterocycles. The highest BCUT2D eigenvalue weighted by atomic mass is 19.4. The van der Waals surface area contributed by atoms with Crippen molar-refractivity contribution in [3.63, 3.8) is 0 Å². The normalized spacial score (nSPS) is 39.7. The zero-order chi connectivity index (χ0) is 18.3. The van der Waals surface area contributed by atoms with Crippen LogP contribution in [0.25, 0.3) is 0 Å². The van der Waals surface area contributed by atoms with Crippen LogP contribution < -0.4 is 0 Å². The number of alkyl halides is 3. The Kier molecular flexibility index (Phi) is 5.21. The summed E-state index contributed by atoms with van der Waals surface area (Å²) >= 11 is 0. The first-order valence-corrected chi connectivity index (χ1v) is 8.40. The van der Waals surface area contributed by atoms with E-state index in [0.717, 1.165) is 6.42 Å². The number of carbonyl (C=O) groups excluding carboxylic acids is 2. The summed E-state index contributed by atoms with van der Waals surface area (Å²) < 4.78 is 47.9. The van der Waals surface area contributed by atoms with Gasteiger partial charge in [-0.25, -0.2) is 4.79 Å². The van der Waals surface area contributed by atoms with Gasteiger partial charge in [0, 0.05) is 12.8 Å². The lowest BCUT2D eigenvalue weighted by Crippen LogP contribution is -2.54. The highest BCUT2D eigenvalue weighted by Gasteiger charge is 2.55. The molecule has 0 aromatic carbocycles. The number of fused-ring (bicyclic) bond motifs is 1. The number of ether oxygens (including phenoxy) is 2. The molecular weight excluding hydrogens is 325 g/mol. The summed E-state index contributed by atoms with van der Waals surface area (Å²) in [5.74, 6) is -2.33. The zero-order valence-electron chi connectivity index (χ0n) is 14.5. The maximum atomic E-state index is 12.6. The Morgan fingerprint density at radius 2 is 1.75 bits per heavy atom. The summed E-state index contributed by atoms with van der Waals surface area (Å²) in [6, 6.07) is 0. The van der Waals surface area contributed by atoms with Crippen LogP contribution in [-0.2, 0) is 19.1 Å². The van der Waals surface area contributed by atoms with Crippen molar-refractivity contribution in [3.05, 3.63) is 0 Å². The van der Waals surface area contributed by atoms with Crippen molar-refractivity contribution in [2.75, 3.05) is 0 Å². The van der Waals surface area contributed by atoms with Crippen LogP contribution in [0.5, 0.6) is 0 Å². The van der Waals surface area contributed by atoms with Crippen LogP contribution in [0.4, 0.5) is 13.2 Å². The van der Waals surface area contributed by atoms with Gasteiger partial charge < -0.3 is 9.47 Å². The molecule has 2 saturated carbocycles. The monoisotopic (exact) mass is 350 g/mol. The lowest BCUT2D eigenvalue weighted by molar-refractivity contribution is -0.219. The molecule has 0 aliphatic heterocycles. The number of esters is 2. The Labute approximate surface area is 140 Å². The van der Waals surface area contributed by atoms with Crippen molar-refractivity contribution in [2.24, 2.45) is 23.2 Å². The van der Waals surface area contributed by atoms with Gasteiger partial charge >= 0.3 is 18.1 Å². The molecule has 0 spiro atoms. The van der Waals surface area contributed by atoms with E-state index in [-0.39, 0.29) is 23.4 Å². The highest BCUT2D eigenvalue weighted by molar-refractivity contribution is 5.75. The second-order valence-electron chi connectivity index (χ2n) is 7.56. The van der Waals surface area contributed by atoms with Crippen molar-refractivity contribution in [1.82, 2.24) is 0 Å². The predicted octanol–water partition coefficient (Wildman–Crippen LogP) is 3.87. The molecule has 4 nitrogen and oxygen atoms in total. The number of halogens is 3. The van der Waals surface area contributed by atoms with E-state index in [1.165, 1.54) is 6.92 Å². The van der Waals surface area contributed by atoms with Crippen LogP contribution in [0.3, 0.4) is 0 Å². The van der Waals surface area contributed by atoms with Gasteiger partial charge in [0.05, 0.1) is 0 Å². The van der Waals surface area contributed by atoms with Crippen molar-refractivity contribution >= 4 is 11.9 Å². The number of hydrogen-bond donors (Lipinski definition) is 0. The summed E-state index contributed by atoms with van der Waals surface area (Å²) in [6.07, 6.45) is -3.86. The fourth-order valence-electron chi connectivity index (χ4n) is 4.53. The lowest BCUT2D eigenvalue weighted by atomic mass is 9.52. The smallest absolute Gasteiger partial charge is 0.463 e. The minimum atomic E-state index is -4.99. The summed E-state index contributed by atoms with van der Waals surface area (Å²) in [5, 5.41) is 0. The molecule has 2 fully saturated rings. The number of hydrogen-bond acceptors (Lipinski definition) is 4. The molecule has 0 heterocycles. The summed E-state index contributed by atoms with van der Waals surface area (Å²) in [4.78, 5) is 22.5. The Morgan fingerprint density at radius 1 is 1.12 bits per heavy atom. The Balaban J connectivity index is 2.22. The van der Waals surface area contributed by atoms with Crippen molar-refractivity contribution in [1.29, 1.82) is 0 Å². The van der Waals surface area contributed by atoms with Gasteiger partial charge in [0.2, 0.25) is 0 Å². The molecule has 138 valence electrons. The van der Waals surface area contributed by atoms with Crippen LogP contribution in [0.1, 0.15) is 53.4 Å². The maximum absolute atomic E-state index is 12.6. The van der Waals surface area contributed by atoms with Gasteiger partial charge in [0.15, 0.2) is 0 Å². The van der Waals surface area contributed by atoms with E-state index in [9.17, 15) is 22.8 Å². The SMILES string of the molecule is CC(=O)O[C@H]1CC[C@]2(C)C(C)C(C)C[C@@H](OC(=O)C(F)(F)F)C2C1. The molecule has 6 atom stereocenters. The summed E-state index contributed by atoms with van der Waals surface area (Å²) in [6.45, 7) is 7.46. The average Bonchev–Trinajstić information content (AvgIpc) is 2.45. The van der Waals surface area contributed by atoms with E-state index in [2.05, 4.69) is 13.8 Å². The van der Waals surface area contributed by atoms with E-state index in [0.29, 0.717) is 25.2 Å². The molecule has 3 unspecified atom stereocenters. The van der Waals surface area contributed by atoms with Gasteiger partial charge in [0.25, 0.3) is 0 Å². The van der Waals surface area contributed by atoms with Crippen LogP contribution in [-0.4, -0.2) is 30.3 Å². The minimum absolute atomic E-state index is 0.155. The van der Waals surface area contributed by atoms with E-state index in [1.54, 1.807) is 0 Å². The van der Waals surface area contributed by atoms with Gasteiger partial charge in [-0.2, -0.15) is 13.2 Å². The molecule has 7 heteroatoms. The maximum Gasteiger partial charge on any atom is 0.490 e. The third-order valence-electron chi connectivity index (χ3n) is 6.14. The Bertz CT molecular complexity index is 505. The summed E-state index contributed by atoms with van der Waals surface area (Å²) in [7, 11) is 0. The molecule has 24 heavy (non-hydrogen) atoms. The molecule has 2 aliphatic carbocycles. The molecule has 0 amide bonds. The molecule has 0 N–H and O–H groups in total. The first-order chi connectivity index (χ1) is 10.9. The fourth-order valence-corrected chi connectivity index (χ4v) is 4.53. The largest absolute Gasteiger partial charge is 0.490 e. The second kappa shape index (κ2) is 6.56. The quantitative estimate of drug-likeness (QED) is 0.710.